The Bertz CT molecular complexity index is 184. The molecule has 2 N–H and O–H groups in total. The van der Waals surface area contributed by atoms with Crippen LogP contribution >= 0.6 is 0 Å². The minimum absolute atomic E-state index is 0. The highest BCUT2D eigenvalue weighted by Gasteiger charge is 2.27. The molecule has 0 aromatic heterocycles. The van der Waals surface area contributed by atoms with E-state index in [4.69, 9.17) is 0 Å². The summed E-state index contributed by atoms with van der Waals surface area (Å²) in [4.78, 5) is 0. The molecule has 3 nitrogen and oxygen atoms in total. The van der Waals surface area contributed by atoms with Crippen LogP contribution in [-0.4, -0.2) is 33.0 Å². The van der Waals surface area contributed by atoms with Crippen molar-refractivity contribution in [2.24, 2.45) is 0 Å². The molecule has 1 saturated heterocycles. The average molecular weight is 186 g/mol. The quantitative estimate of drug-likeness (QED) is 0.447. The molecule has 62 valence electrons. The van der Waals surface area contributed by atoms with Gasteiger partial charge in [-0.3, -0.25) is 0 Å². The Morgan fingerprint density at radius 3 is 2.30 bits per heavy atom. The zero-order chi connectivity index (χ0) is 6.91. The van der Waals surface area contributed by atoms with Gasteiger partial charge in [0.25, 0.3) is 0 Å². The summed E-state index contributed by atoms with van der Waals surface area (Å²) < 4.78 is 21.6. The molecule has 0 radical (unpaired) electrons. The third kappa shape index (κ3) is 2.44. The first-order valence-corrected chi connectivity index (χ1v) is 5.06. The number of sulfone groups is 1. The van der Waals surface area contributed by atoms with E-state index in [9.17, 15) is 8.42 Å². The van der Waals surface area contributed by atoms with Crippen molar-refractivity contribution in [3.8, 4) is 0 Å². The summed E-state index contributed by atoms with van der Waals surface area (Å²) in [6.45, 7) is 1.73. The highest BCUT2D eigenvalue weighted by molar-refractivity contribution is 7.91. The number of halogens is 1. The Morgan fingerprint density at radius 2 is 2.10 bits per heavy atom. The molecule has 0 spiro atoms. The molecule has 1 aliphatic rings. The molecule has 0 saturated carbocycles. The first-order valence-electron chi connectivity index (χ1n) is 3.11. The molecular weight excluding hydrogens is 174 g/mol. The summed E-state index contributed by atoms with van der Waals surface area (Å²) in [5, 5.41) is 1.98. The molecule has 1 unspecified atom stereocenters. The van der Waals surface area contributed by atoms with E-state index in [1.807, 2.05) is 5.32 Å². The Labute approximate surface area is 67.5 Å². The van der Waals surface area contributed by atoms with Crippen molar-refractivity contribution >= 4 is 9.84 Å². The second-order valence-electron chi connectivity index (χ2n) is 2.55. The molecule has 0 amide bonds. The fourth-order valence-electron chi connectivity index (χ4n) is 1.11. The van der Waals surface area contributed by atoms with Gasteiger partial charge in [0.15, 0.2) is 9.84 Å². The van der Waals surface area contributed by atoms with Crippen molar-refractivity contribution in [1.29, 1.82) is 0 Å². The van der Waals surface area contributed by atoms with E-state index < -0.39 is 9.84 Å². The van der Waals surface area contributed by atoms with Crippen LogP contribution in [0, 0.1) is 0 Å². The predicted octanol–water partition coefficient (Wildman–Crippen LogP) is -4.63. The van der Waals surface area contributed by atoms with Crippen LogP contribution in [0.2, 0.25) is 0 Å². The van der Waals surface area contributed by atoms with Crippen LogP contribution in [0.3, 0.4) is 0 Å². The lowest BCUT2D eigenvalue weighted by atomic mass is 10.4. The van der Waals surface area contributed by atoms with E-state index in [-0.39, 0.29) is 17.7 Å². The molecule has 0 aromatic carbocycles. The molecule has 0 bridgehead atoms. The largest absolute Gasteiger partial charge is 1.00 e. The molecular formula is C5H12ClNO2S. The van der Waals surface area contributed by atoms with Gasteiger partial charge in [-0.05, 0) is 0 Å². The first-order chi connectivity index (χ1) is 4.11. The maximum atomic E-state index is 10.8. The molecule has 1 atom stereocenters. The highest BCUT2D eigenvalue weighted by atomic mass is 35.5. The Balaban J connectivity index is 0.000000810. The van der Waals surface area contributed by atoms with Crippen molar-refractivity contribution in [1.82, 2.24) is 0 Å². The lowest BCUT2D eigenvalue weighted by Crippen LogP contribution is -3.00. The van der Waals surface area contributed by atoms with Gasteiger partial charge in [-0.1, -0.05) is 0 Å². The van der Waals surface area contributed by atoms with Crippen LogP contribution in [0.1, 0.15) is 6.42 Å². The van der Waals surface area contributed by atoms with E-state index in [1.54, 1.807) is 0 Å². The SMILES string of the molecule is CS(=O)(=O)C1CC[NH2+]C1.[Cl-]. The van der Waals surface area contributed by atoms with E-state index in [0.29, 0.717) is 0 Å². The van der Waals surface area contributed by atoms with E-state index >= 15 is 0 Å². The molecule has 5 heteroatoms. The molecule has 0 aromatic rings. The molecule has 0 aliphatic carbocycles. The molecule has 1 rings (SSSR count). The van der Waals surface area contributed by atoms with Gasteiger partial charge in [0.2, 0.25) is 0 Å². The van der Waals surface area contributed by atoms with Crippen LogP contribution in [-0.2, 0) is 9.84 Å². The normalized spacial score (nSPS) is 25.9. The average Bonchev–Trinajstić information content (AvgIpc) is 2.08. The minimum Gasteiger partial charge on any atom is -1.00 e. The van der Waals surface area contributed by atoms with Crippen molar-refractivity contribution in [2.45, 2.75) is 11.7 Å². The lowest BCUT2D eigenvalue weighted by molar-refractivity contribution is -0.635. The topological polar surface area (TPSA) is 50.8 Å². The molecule has 1 heterocycles. The standard InChI is InChI=1S/C5H11NO2S.ClH/c1-9(7,8)5-2-3-6-4-5;/h5-6H,2-4H2,1H3;1H. The third-order valence-corrected chi connectivity index (χ3v) is 3.37. The predicted molar refractivity (Wildman–Crippen MR) is 34.9 cm³/mol. The maximum Gasteiger partial charge on any atom is 0.156 e. The van der Waals surface area contributed by atoms with Gasteiger partial charge < -0.3 is 17.7 Å². The molecule has 1 aliphatic heterocycles. The van der Waals surface area contributed by atoms with Crippen molar-refractivity contribution < 1.29 is 26.1 Å². The summed E-state index contributed by atoms with van der Waals surface area (Å²) >= 11 is 0. The third-order valence-electron chi connectivity index (χ3n) is 1.73. The first kappa shape index (κ1) is 10.2. The van der Waals surface area contributed by atoms with E-state index in [0.717, 1.165) is 19.5 Å². The lowest BCUT2D eigenvalue weighted by Gasteiger charge is -1.99. The number of rotatable bonds is 1. The number of nitrogens with two attached hydrogens (primary N) is 1. The number of hydrogen-bond donors (Lipinski definition) is 1. The fraction of sp³-hybridized carbons (Fsp3) is 1.00. The van der Waals surface area contributed by atoms with Crippen LogP contribution in [0.15, 0.2) is 0 Å². The van der Waals surface area contributed by atoms with E-state index in [2.05, 4.69) is 0 Å². The van der Waals surface area contributed by atoms with Gasteiger partial charge in [0, 0.05) is 12.7 Å². The van der Waals surface area contributed by atoms with Crippen LogP contribution in [0.5, 0.6) is 0 Å². The van der Waals surface area contributed by atoms with Crippen molar-refractivity contribution in [3.05, 3.63) is 0 Å². The zero-order valence-electron chi connectivity index (χ0n) is 5.88. The Hall–Kier alpha value is 0.200. The summed E-state index contributed by atoms with van der Waals surface area (Å²) in [6.07, 6.45) is 2.15. The fourth-order valence-corrected chi connectivity index (χ4v) is 2.16. The summed E-state index contributed by atoms with van der Waals surface area (Å²) in [6, 6.07) is 0. The van der Waals surface area contributed by atoms with Crippen LogP contribution < -0.4 is 17.7 Å². The second kappa shape index (κ2) is 3.55. The summed E-state index contributed by atoms with van der Waals surface area (Å²) in [5.74, 6) is 0. The second-order valence-corrected chi connectivity index (χ2v) is 4.88. The number of hydrogen-bond acceptors (Lipinski definition) is 2. The highest BCUT2D eigenvalue weighted by Crippen LogP contribution is 2.02. The van der Waals surface area contributed by atoms with Crippen LogP contribution in [0.25, 0.3) is 0 Å². The van der Waals surface area contributed by atoms with Gasteiger partial charge in [-0.2, -0.15) is 0 Å². The van der Waals surface area contributed by atoms with Crippen molar-refractivity contribution in [2.75, 3.05) is 19.3 Å². The smallest absolute Gasteiger partial charge is 0.156 e. The number of quaternary nitrogens is 1. The minimum atomic E-state index is -2.73. The van der Waals surface area contributed by atoms with Crippen LogP contribution in [0.4, 0.5) is 0 Å². The van der Waals surface area contributed by atoms with Gasteiger partial charge >= 0.3 is 0 Å². The van der Waals surface area contributed by atoms with E-state index in [1.165, 1.54) is 6.26 Å². The van der Waals surface area contributed by atoms with Gasteiger partial charge in [-0.15, -0.1) is 0 Å². The summed E-state index contributed by atoms with van der Waals surface area (Å²) in [7, 11) is -2.73. The molecule has 10 heavy (non-hydrogen) atoms. The van der Waals surface area contributed by atoms with Gasteiger partial charge in [-0.25, -0.2) is 8.42 Å². The summed E-state index contributed by atoms with van der Waals surface area (Å²) in [5.41, 5.74) is 0. The Morgan fingerprint density at radius 1 is 1.50 bits per heavy atom. The molecule has 1 fully saturated rings. The van der Waals surface area contributed by atoms with Gasteiger partial charge in [0.1, 0.15) is 5.25 Å². The maximum absolute atomic E-state index is 10.8. The van der Waals surface area contributed by atoms with Crippen molar-refractivity contribution in [3.63, 3.8) is 0 Å². The monoisotopic (exact) mass is 185 g/mol. The Kier molecular flexibility index (Phi) is 3.62. The van der Waals surface area contributed by atoms with Gasteiger partial charge in [0.05, 0.1) is 13.1 Å². The zero-order valence-corrected chi connectivity index (χ0v) is 7.45.